The predicted molar refractivity (Wildman–Crippen MR) is 82.6 cm³/mol. The maximum absolute atomic E-state index is 11.6. The molecule has 2 aromatic rings. The van der Waals surface area contributed by atoms with E-state index in [-0.39, 0.29) is 5.91 Å². The quantitative estimate of drug-likeness (QED) is 0.662. The van der Waals surface area contributed by atoms with Crippen molar-refractivity contribution in [2.24, 2.45) is 0 Å². The molecule has 0 radical (unpaired) electrons. The Hall–Kier alpha value is -2.11. The summed E-state index contributed by atoms with van der Waals surface area (Å²) in [6, 6.07) is 11.3. The van der Waals surface area contributed by atoms with Crippen molar-refractivity contribution in [3.8, 4) is 5.69 Å². The predicted octanol–water partition coefficient (Wildman–Crippen LogP) is 2.48. The maximum Gasteiger partial charge on any atom is 0.273 e. The van der Waals surface area contributed by atoms with Crippen LogP contribution in [0.1, 0.15) is 5.69 Å². The molecule has 1 aromatic heterocycles. The maximum atomic E-state index is 11.6. The number of aromatic nitrogens is 1. The molecule has 0 spiro atoms. The molecule has 0 atom stereocenters. The summed E-state index contributed by atoms with van der Waals surface area (Å²) in [5.74, 6) is -0.223. The van der Waals surface area contributed by atoms with Crippen molar-refractivity contribution in [3.05, 3.63) is 59.0 Å². The summed E-state index contributed by atoms with van der Waals surface area (Å²) in [7, 11) is 0. The first-order valence-corrected chi connectivity index (χ1v) is 6.69. The topological polar surface area (TPSA) is 46.1 Å². The number of halogens is 1. The van der Waals surface area contributed by atoms with E-state index in [0.29, 0.717) is 15.8 Å². The van der Waals surface area contributed by atoms with Gasteiger partial charge in [-0.2, -0.15) is 0 Å². The molecule has 3 rings (SSSR count). The van der Waals surface area contributed by atoms with Crippen molar-refractivity contribution in [1.29, 1.82) is 0 Å². The fourth-order valence-corrected chi connectivity index (χ4v) is 2.31. The van der Waals surface area contributed by atoms with E-state index in [1.165, 1.54) is 0 Å². The number of carbonyl (C=O) groups is 1. The Morgan fingerprint density at radius 2 is 1.90 bits per heavy atom. The van der Waals surface area contributed by atoms with Crippen LogP contribution in [0.4, 0.5) is 0 Å². The molecule has 0 saturated carbocycles. The molecule has 0 bridgehead atoms. The Bertz CT molecular complexity index is 718. The number of amides is 1. The number of nitrogens with one attached hydrogen (secondary N) is 2. The third-order valence-corrected chi connectivity index (χ3v) is 3.35. The average Bonchev–Trinajstić information content (AvgIpc) is 2.98. The zero-order valence-electron chi connectivity index (χ0n) is 10.3. The van der Waals surface area contributed by atoms with Crippen LogP contribution >= 0.6 is 23.8 Å². The summed E-state index contributed by atoms with van der Waals surface area (Å²) in [6.07, 6.45) is 3.67. The van der Waals surface area contributed by atoms with Crippen LogP contribution < -0.4 is 10.6 Å². The molecular formula is C14H10ClN3OS. The van der Waals surface area contributed by atoms with Gasteiger partial charge in [-0.05, 0) is 54.7 Å². The minimum absolute atomic E-state index is 0.223. The number of nitrogens with zero attached hydrogens (tertiary/aromatic N) is 1. The molecular weight excluding hydrogens is 294 g/mol. The molecule has 100 valence electrons. The fourth-order valence-electron chi connectivity index (χ4n) is 1.98. The molecule has 6 heteroatoms. The Kier molecular flexibility index (Phi) is 3.30. The molecule has 0 aliphatic carbocycles. The van der Waals surface area contributed by atoms with Crippen molar-refractivity contribution in [2.45, 2.75) is 0 Å². The van der Waals surface area contributed by atoms with Gasteiger partial charge in [0.05, 0.1) is 0 Å². The van der Waals surface area contributed by atoms with Crippen molar-refractivity contribution in [1.82, 2.24) is 15.2 Å². The third kappa shape index (κ3) is 2.45. The lowest BCUT2D eigenvalue weighted by atomic mass is 10.3. The summed E-state index contributed by atoms with van der Waals surface area (Å²) >= 11 is 10.8. The van der Waals surface area contributed by atoms with E-state index in [1.54, 1.807) is 6.08 Å². The van der Waals surface area contributed by atoms with E-state index in [2.05, 4.69) is 10.6 Å². The molecule has 2 N–H and O–H groups in total. The lowest BCUT2D eigenvalue weighted by Gasteiger charge is -2.07. The first-order valence-electron chi connectivity index (χ1n) is 5.91. The van der Waals surface area contributed by atoms with Crippen LogP contribution in [0.3, 0.4) is 0 Å². The standard InChI is InChI=1S/C14H10ClN3OS/c15-9-3-5-10(6-4-9)18-7-1-2-11(18)8-12-13(19)17-14(20)16-12/h1-8H,(H2,16,17,19,20)/b12-8-. The number of rotatable bonds is 2. The zero-order chi connectivity index (χ0) is 14.1. The van der Waals surface area contributed by atoms with E-state index < -0.39 is 0 Å². The summed E-state index contributed by atoms with van der Waals surface area (Å²) in [5.41, 5.74) is 2.27. The van der Waals surface area contributed by atoms with Crippen LogP contribution in [0.5, 0.6) is 0 Å². The highest BCUT2D eigenvalue weighted by Gasteiger charge is 2.20. The van der Waals surface area contributed by atoms with E-state index in [1.807, 2.05) is 47.2 Å². The van der Waals surface area contributed by atoms with Gasteiger partial charge in [-0.15, -0.1) is 0 Å². The third-order valence-electron chi connectivity index (χ3n) is 2.90. The SMILES string of the molecule is O=C1NC(=S)N/C1=C\c1cccn1-c1ccc(Cl)cc1. The molecule has 1 amide bonds. The molecule has 4 nitrogen and oxygen atoms in total. The Morgan fingerprint density at radius 1 is 1.15 bits per heavy atom. The largest absolute Gasteiger partial charge is 0.328 e. The summed E-state index contributed by atoms with van der Waals surface area (Å²) in [6.45, 7) is 0. The van der Waals surface area contributed by atoms with E-state index >= 15 is 0 Å². The number of hydrogen-bond donors (Lipinski definition) is 2. The van der Waals surface area contributed by atoms with Gasteiger partial charge in [-0.25, -0.2) is 0 Å². The van der Waals surface area contributed by atoms with Crippen molar-refractivity contribution >= 4 is 40.9 Å². The Balaban J connectivity index is 1.99. The molecule has 1 saturated heterocycles. The second kappa shape index (κ2) is 5.11. The van der Waals surface area contributed by atoms with Crippen molar-refractivity contribution < 1.29 is 4.79 Å². The van der Waals surface area contributed by atoms with Crippen LogP contribution in [0.2, 0.25) is 5.02 Å². The molecule has 1 aliphatic rings. The van der Waals surface area contributed by atoms with E-state index in [0.717, 1.165) is 11.4 Å². The normalized spacial score (nSPS) is 16.4. The fraction of sp³-hybridized carbons (Fsp3) is 0. The van der Waals surface area contributed by atoms with Gasteiger partial charge in [0, 0.05) is 22.6 Å². The highest BCUT2D eigenvalue weighted by Crippen LogP contribution is 2.18. The van der Waals surface area contributed by atoms with Crippen LogP contribution in [-0.4, -0.2) is 15.6 Å². The van der Waals surface area contributed by atoms with Gasteiger partial charge < -0.3 is 9.88 Å². The van der Waals surface area contributed by atoms with Gasteiger partial charge in [-0.3, -0.25) is 10.1 Å². The molecule has 1 aromatic carbocycles. The van der Waals surface area contributed by atoms with Gasteiger partial charge in [-0.1, -0.05) is 11.6 Å². The van der Waals surface area contributed by atoms with Crippen molar-refractivity contribution in [3.63, 3.8) is 0 Å². The Morgan fingerprint density at radius 3 is 2.55 bits per heavy atom. The van der Waals surface area contributed by atoms with Crippen LogP contribution in [0.25, 0.3) is 11.8 Å². The van der Waals surface area contributed by atoms with E-state index in [9.17, 15) is 4.79 Å². The molecule has 0 unspecified atom stereocenters. The molecule has 2 heterocycles. The Labute approximate surface area is 126 Å². The number of carbonyl (C=O) groups excluding carboxylic acids is 1. The van der Waals surface area contributed by atoms with Gasteiger partial charge in [0.2, 0.25) is 0 Å². The average molecular weight is 304 g/mol. The highest BCUT2D eigenvalue weighted by molar-refractivity contribution is 7.80. The minimum Gasteiger partial charge on any atom is -0.328 e. The lowest BCUT2D eigenvalue weighted by Crippen LogP contribution is -2.21. The van der Waals surface area contributed by atoms with Crippen LogP contribution in [0, 0.1) is 0 Å². The second-order valence-electron chi connectivity index (χ2n) is 4.25. The van der Waals surface area contributed by atoms with Gasteiger partial charge in [0.25, 0.3) is 5.91 Å². The first kappa shape index (κ1) is 12.9. The van der Waals surface area contributed by atoms with Crippen LogP contribution in [-0.2, 0) is 4.79 Å². The molecule has 1 fully saturated rings. The summed E-state index contributed by atoms with van der Waals surface area (Å²) < 4.78 is 1.96. The summed E-state index contributed by atoms with van der Waals surface area (Å²) in [5, 5.41) is 6.37. The van der Waals surface area contributed by atoms with Gasteiger partial charge >= 0.3 is 0 Å². The molecule has 20 heavy (non-hydrogen) atoms. The number of benzene rings is 1. The smallest absolute Gasteiger partial charge is 0.273 e. The highest BCUT2D eigenvalue weighted by atomic mass is 35.5. The molecule has 1 aliphatic heterocycles. The zero-order valence-corrected chi connectivity index (χ0v) is 11.8. The van der Waals surface area contributed by atoms with Gasteiger partial charge in [0.1, 0.15) is 5.70 Å². The monoisotopic (exact) mass is 303 g/mol. The number of hydrogen-bond acceptors (Lipinski definition) is 2. The van der Waals surface area contributed by atoms with Gasteiger partial charge in [0.15, 0.2) is 5.11 Å². The number of thiocarbonyl (C=S) groups is 1. The second-order valence-corrected chi connectivity index (χ2v) is 5.09. The van der Waals surface area contributed by atoms with Crippen molar-refractivity contribution in [2.75, 3.05) is 0 Å². The lowest BCUT2D eigenvalue weighted by molar-refractivity contribution is -0.115. The van der Waals surface area contributed by atoms with Crippen LogP contribution in [0.15, 0.2) is 48.3 Å². The first-order chi connectivity index (χ1) is 9.63. The minimum atomic E-state index is -0.223. The summed E-state index contributed by atoms with van der Waals surface area (Å²) in [4.78, 5) is 11.6. The van der Waals surface area contributed by atoms with E-state index in [4.69, 9.17) is 23.8 Å².